The Bertz CT molecular complexity index is 449. The van der Waals surface area contributed by atoms with Crippen LogP contribution in [0.25, 0.3) is 0 Å². The molecule has 1 aliphatic carbocycles. The number of nitrogens with one attached hydrogen (secondary N) is 1. The molecule has 0 radical (unpaired) electrons. The van der Waals surface area contributed by atoms with Gasteiger partial charge in [-0.3, -0.25) is 0 Å². The number of fused-ring (bicyclic) bond motifs is 1. The van der Waals surface area contributed by atoms with E-state index in [2.05, 4.69) is 30.3 Å². The molecule has 2 heterocycles. The molecule has 0 saturated carbocycles. The molecule has 4 heteroatoms. The van der Waals surface area contributed by atoms with Crippen molar-refractivity contribution >= 4 is 22.9 Å². The van der Waals surface area contributed by atoms with Gasteiger partial charge in [-0.25, -0.2) is 0 Å². The number of piperidine rings is 1. The molecule has 3 rings (SSSR count). The summed E-state index contributed by atoms with van der Waals surface area (Å²) in [5, 5.41) is 3.81. The van der Waals surface area contributed by atoms with Gasteiger partial charge in [0, 0.05) is 17.5 Å². The molecule has 1 atom stereocenters. The predicted octanol–water partition coefficient (Wildman–Crippen LogP) is 3.71. The third-order valence-corrected chi connectivity index (χ3v) is 6.16. The molecule has 1 N–H and O–H groups in total. The monoisotopic (exact) mass is 298 g/mol. The zero-order valence-electron chi connectivity index (χ0n) is 11.8. The highest BCUT2D eigenvalue weighted by Gasteiger charge is 2.31. The third kappa shape index (κ3) is 2.99. The maximum absolute atomic E-state index is 6.12. The molecule has 0 aromatic carbocycles. The number of hydrogen-bond donors (Lipinski definition) is 1. The first-order chi connectivity index (χ1) is 9.06. The van der Waals surface area contributed by atoms with Crippen LogP contribution in [-0.2, 0) is 6.42 Å². The number of aryl methyl sites for hydroxylation is 1. The van der Waals surface area contributed by atoms with Crippen molar-refractivity contribution in [2.75, 3.05) is 26.7 Å². The minimum Gasteiger partial charge on any atom is -0.309 e. The average molecular weight is 299 g/mol. The fraction of sp³-hybridized carbons (Fsp3) is 0.733. The van der Waals surface area contributed by atoms with Crippen LogP contribution in [0.3, 0.4) is 0 Å². The zero-order chi connectivity index (χ0) is 13.5. The van der Waals surface area contributed by atoms with Crippen molar-refractivity contribution in [1.82, 2.24) is 10.2 Å². The highest BCUT2D eigenvalue weighted by molar-refractivity contribution is 7.16. The van der Waals surface area contributed by atoms with Gasteiger partial charge in [-0.15, -0.1) is 11.3 Å². The molecule has 1 aromatic rings. The Balaban J connectivity index is 1.58. The second-order valence-electron chi connectivity index (χ2n) is 6.52. The molecule has 0 spiro atoms. The largest absolute Gasteiger partial charge is 0.309 e. The van der Waals surface area contributed by atoms with Crippen LogP contribution in [0.5, 0.6) is 0 Å². The van der Waals surface area contributed by atoms with E-state index in [4.69, 9.17) is 11.6 Å². The van der Waals surface area contributed by atoms with Crippen LogP contribution in [0.2, 0.25) is 4.34 Å². The van der Waals surface area contributed by atoms with Crippen LogP contribution >= 0.6 is 22.9 Å². The van der Waals surface area contributed by atoms with Gasteiger partial charge in [0.15, 0.2) is 0 Å². The molecule has 19 heavy (non-hydrogen) atoms. The molecule has 2 aliphatic rings. The Morgan fingerprint density at radius 1 is 1.47 bits per heavy atom. The van der Waals surface area contributed by atoms with Crippen LogP contribution in [0.15, 0.2) is 6.07 Å². The number of thiophene rings is 1. The molecule has 0 amide bonds. The van der Waals surface area contributed by atoms with Gasteiger partial charge < -0.3 is 10.2 Å². The van der Waals surface area contributed by atoms with E-state index in [9.17, 15) is 0 Å². The summed E-state index contributed by atoms with van der Waals surface area (Å²) in [5.41, 5.74) is 1.93. The van der Waals surface area contributed by atoms with Crippen molar-refractivity contribution in [3.05, 3.63) is 20.8 Å². The number of halogens is 1. The predicted molar refractivity (Wildman–Crippen MR) is 83.2 cm³/mol. The van der Waals surface area contributed by atoms with E-state index in [1.165, 1.54) is 49.2 Å². The van der Waals surface area contributed by atoms with Gasteiger partial charge in [-0.2, -0.15) is 0 Å². The Kier molecular flexibility index (Phi) is 3.91. The Hall–Kier alpha value is -0.0900. The van der Waals surface area contributed by atoms with E-state index >= 15 is 0 Å². The normalized spacial score (nSPS) is 26.6. The number of likely N-dealkylation sites (tertiary alicyclic amines) is 1. The van der Waals surface area contributed by atoms with Crippen molar-refractivity contribution in [2.45, 2.75) is 38.6 Å². The molecule has 1 fully saturated rings. The maximum Gasteiger partial charge on any atom is 0.0934 e. The quantitative estimate of drug-likeness (QED) is 0.915. The highest BCUT2D eigenvalue weighted by atomic mass is 35.5. The fourth-order valence-electron chi connectivity index (χ4n) is 3.25. The van der Waals surface area contributed by atoms with E-state index < -0.39 is 0 Å². The van der Waals surface area contributed by atoms with Gasteiger partial charge in [0.2, 0.25) is 0 Å². The lowest BCUT2D eigenvalue weighted by Crippen LogP contribution is -2.42. The van der Waals surface area contributed by atoms with Crippen molar-refractivity contribution in [3.8, 4) is 0 Å². The van der Waals surface area contributed by atoms with Crippen molar-refractivity contribution in [2.24, 2.45) is 5.41 Å². The second kappa shape index (κ2) is 5.36. The number of nitrogens with zero attached hydrogens (tertiary/aromatic N) is 1. The summed E-state index contributed by atoms with van der Waals surface area (Å²) in [4.78, 5) is 3.93. The van der Waals surface area contributed by atoms with Crippen molar-refractivity contribution in [1.29, 1.82) is 0 Å². The minimum atomic E-state index is 0.467. The highest BCUT2D eigenvalue weighted by Crippen LogP contribution is 2.40. The Labute approximate surface area is 125 Å². The lowest BCUT2D eigenvalue weighted by molar-refractivity contribution is 0.133. The first-order valence-corrected chi connectivity index (χ1v) is 8.45. The van der Waals surface area contributed by atoms with E-state index in [1.807, 2.05) is 0 Å². The summed E-state index contributed by atoms with van der Waals surface area (Å²) >= 11 is 7.88. The molecule has 1 saturated heterocycles. The molecule has 1 aliphatic heterocycles. The molecular formula is C15H23ClN2S. The Morgan fingerprint density at radius 3 is 2.95 bits per heavy atom. The number of hydrogen-bond acceptors (Lipinski definition) is 3. The van der Waals surface area contributed by atoms with Crippen LogP contribution < -0.4 is 5.32 Å². The van der Waals surface area contributed by atoms with Crippen molar-refractivity contribution in [3.63, 3.8) is 0 Å². The summed E-state index contributed by atoms with van der Waals surface area (Å²) in [7, 11) is 2.23. The second-order valence-corrected chi connectivity index (χ2v) is 8.28. The standard InChI is InChI=1S/C15H23ClN2S/c1-15(5-7-18(2)8-6-15)10-17-12-3-4-13-11(12)9-14(16)19-13/h9,12,17H,3-8,10H2,1-2H3. The van der Waals surface area contributed by atoms with Crippen molar-refractivity contribution < 1.29 is 0 Å². The van der Waals surface area contributed by atoms with Crippen LogP contribution in [0.4, 0.5) is 0 Å². The van der Waals surface area contributed by atoms with Crippen LogP contribution in [0.1, 0.15) is 42.7 Å². The molecule has 0 bridgehead atoms. The minimum absolute atomic E-state index is 0.467. The molecule has 106 valence electrons. The first kappa shape index (κ1) is 13.9. The summed E-state index contributed by atoms with van der Waals surface area (Å²) in [6.07, 6.45) is 5.05. The van der Waals surface area contributed by atoms with Gasteiger partial charge in [-0.1, -0.05) is 18.5 Å². The summed E-state index contributed by atoms with van der Waals surface area (Å²) in [6, 6.07) is 2.71. The molecule has 2 nitrogen and oxygen atoms in total. The van der Waals surface area contributed by atoms with Gasteiger partial charge in [0.1, 0.15) is 0 Å². The fourth-order valence-corrected chi connectivity index (χ4v) is 4.60. The summed E-state index contributed by atoms with van der Waals surface area (Å²) in [5.74, 6) is 0. The summed E-state index contributed by atoms with van der Waals surface area (Å²) in [6.45, 7) is 6.04. The van der Waals surface area contributed by atoms with E-state index in [0.717, 1.165) is 10.9 Å². The zero-order valence-corrected chi connectivity index (χ0v) is 13.4. The Morgan fingerprint density at radius 2 is 2.21 bits per heavy atom. The number of rotatable bonds is 3. The van der Waals surface area contributed by atoms with Gasteiger partial charge in [0.25, 0.3) is 0 Å². The smallest absolute Gasteiger partial charge is 0.0934 e. The molecule has 1 unspecified atom stereocenters. The molecular weight excluding hydrogens is 276 g/mol. The van der Waals surface area contributed by atoms with Gasteiger partial charge in [0.05, 0.1) is 4.34 Å². The SMILES string of the molecule is CN1CCC(C)(CNC2CCc3sc(Cl)cc32)CC1. The molecule has 1 aromatic heterocycles. The lowest BCUT2D eigenvalue weighted by Gasteiger charge is -2.38. The topological polar surface area (TPSA) is 15.3 Å². The maximum atomic E-state index is 6.12. The third-order valence-electron chi connectivity index (χ3n) is 4.82. The lowest BCUT2D eigenvalue weighted by atomic mass is 9.80. The average Bonchev–Trinajstić information content (AvgIpc) is 2.90. The summed E-state index contributed by atoms with van der Waals surface area (Å²) < 4.78 is 0.946. The van der Waals surface area contributed by atoms with Crippen LogP contribution in [-0.4, -0.2) is 31.6 Å². The van der Waals surface area contributed by atoms with E-state index in [0.29, 0.717) is 11.5 Å². The first-order valence-electron chi connectivity index (χ1n) is 7.26. The van der Waals surface area contributed by atoms with Gasteiger partial charge in [-0.05, 0) is 62.9 Å². The van der Waals surface area contributed by atoms with Gasteiger partial charge >= 0.3 is 0 Å². The van der Waals surface area contributed by atoms with E-state index in [-0.39, 0.29) is 0 Å². The van der Waals surface area contributed by atoms with E-state index in [1.54, 1.807) is 11.3 Å². The van der Waals surface area contributed by atoms with Crippen LogP contribution in [0, 0.1) is 5.41 Å².